The molecule has 1 aliphatic carbocycles. The van der Waals surface area contributed by atoms with Crippen molar-refractivity contribution in [3.63, 3.8) is 0 Å². The topological polar surface area (TPSA) is 72.9 Å². The summed E-state index contributed by atoms with van der Waals surface area (Å²) in [5.74, 6) is -0.968. The summed E-state index contributed by atoms with van der Waals surface area (Å²) in [4.78, 5) is 13.0. The summed E-state index contributed by atoms with van der Waals surface area (Å²) < 4.78 is 28.4. The van der Waals surface area contributed by atoms with E-state index in [1.807, 2.05) is 0 Å². The Hall–Kier alpha value is -2.44. The molecule has 4 rings (SSSR count). The number of nitrogens with two attached hydrogens (primary N) is 1. The lowest BCUT2D eigenvalue weighted by Crippen LogP contribution is -2.28. The Kier molecular flexibility index (Phi) is 3.51. The number of nitrogen functional groups attached to an aromatic ring is 1. The molecule has 1 aromatic heterocycles. The Morgan fingerprint density at radius 2 is 2.21 bits per heavy atom. The van der Waals surface area contributed by atoms with Crippen molar-refractivity contribution in [1.29, 1.82) is 0 Å². The molecule has 3 N–H and O–H groups in total. The number of hydrogen-bond donors (Lipinski definition) is 2. The van der Waals surface area contributed by atoms with Gasteiger partial charge in [-0.05, 0) is 43.0 Å². The van der Waals surface area contributed by atoms with E-state index in [0.717, 1.165) is 5.69 Å². The fraction of sp³-hybridized carbons (Fsp3) is 0.412. The number of alkyl halides is 1. The highest BCUT2D eigenvalue weighted by Gasteiger charge is 2.32. The maximum Gasteiger partial charge on any atom is 0.256 e. The number of aromatic nitrogens is 2. The van der Waals surface area contributed by atoms with Gasteiger partial charge in [0.25, 0.3) is 5.91 Å². The Balaban J connectivity index is 1.72. The van der Waals surface area contributed by atoms with Crippen LogP contribution < -0.4 is 11.1 Å². The molecule has 1 aromatic carbocycles. The lowest BCUT2D eigenvalue weighted by molar-refractivity contribution is 0.0859. The third-order valence-corrected chi connectivity index (χ3v) is 4.87. The third-order valence-electron chi connectivity index (χ3n) is 4.87. The molecule has 0 amide bonds. The lowest BCUT2D eigenvalue weighted by atomic mass is 9.90. The van der Waals surface area contributed by atoms with E-state index in [-0.39, 0.29) is 24.0 Å². The van der Waals surface area contributed by atoms with Crippen LogP contribution in [0.3, 0.4) is 0 Å². The smallest absolute Gasteiger partial charge is 0.256 e. The van der Waals surface area contributed by atoms with Crippen LogP contribution in [-0.4, -0.2) is 28.4 Å². The van der Waals surface area contributed by atoms with Crippen LogP contribution in [-0.2, 0) is 12.8 Å². The van der Waals surface area contributed by atoms with Gasteiger partial charge in [0.1, 0.15) is 17.8 Å². The van der Waals surface area contributed by atoms with Gasteiger partial charge < -0.3 is 11.1 Å². The SMILES string of the molecule is Nc1c2c(nn1C(=O)[C@@H]1CCNc3ccc(F)cc31)CC[C@@H](F)C2. The fourth-order valence-corrected chi connectivity index (χ4v) is 3.61. The van der Waals surface area contributed by atoms with Gasteiger partial charge in [0.15, 0.2) is 0 Å². The first-order valence-corrected chi connectivity index (χ1v) is 8.12. The average molecular weight is 332 g/mol. The van der Waals surface area contributed by atoms with E-state index >= 15 is 0 Å². The van der Waals surface area contributed by atoms with Crippen LogP contribution in [0.1, 0.15) is 40.4 Å². The number of aryl methyl sites for hydroxylation is 1. The van der Waals surface area contributed by atoms with Crippen molar-refractivity contribution in [3.05, 3.63) is 40.8 Å². The molecule has 2 aromatic rings. The number of carbonyl (C=O) groups excluding carboxylic acids is 1. The van der Waals surface area contributed by atoms with Gasteiger partial charge in [-0.3, -0.25) is 4.79 Å². The maximum absolute atomic E-state index is 13.6. The van der Waals surface area contributed by atoms with Crippen LogP contribution in [0.15, 0.2) is 18.2 Å². The molecule has 126 valence electrons. The number of halogens is 2. The van der Waals surface area contributed by atoms with Gasteiger partial charge in [-0.2, -0.15) is 9.78 Å². The van der Waals surface area contributed by atoms with Crippen LogP contribution in [0.2, 0.25) is 0 Å². The van der Waals surface area contributed by atoms with Crippen molar-refractivity contribution in [2.45, 2.75) is 37.8 Å². The minimum absolute atomic E-state index is 0.200. The molecule has 0 bridgehead atoms. The highest BCUT2D eigenvalue weighted by atomic mass is 19.1. The van der Waals surface area contributed by atoms with E-state index in [9.17, 15) is 13.6 Å². The molecule has 0 fully saturated rings. The van der Waals surface area contributed by atoms with Gasteiger partial charge in [-0.1, -0.05) is 0 Å². The number of rotatable bonds is 1. The Labute approximate surface area is 137 Å². The zero-order valence-electron chi connectivity index (χ0n) is 13.1. The number of nitrogens with zero attached hydrogens (tertiary/aromatic N) is 2. The first-order valence-electron chi connectivity index (χ1n) is 8.12. The van der Waals surface area contributed by atoms with Gasteiger partial charge in [-0.25, -0.2) is 8.78 Å². The largest absolute Gasteiger partial charge is 0.385 e. The van der Waals surface area contributed by atoms with Crippen LogP contribution in [0.25, 0.3) is 0 Å². The number of benzene rings is 1. The Morgan fingerprint density at radius 3 is 3.04 bits per heavy atom. The summed E-state index contributed by atoms with van der Waals surface area (Å²) in [6.07, 6.45) is 0.676. The highest BCUT2D eigenvalue weighted by Crippen LogP contribution is 2.35. The molecule has 0 saturated heterocycles. The molecular weight excluding hydrogens is 314 g/mol. The first-order chi connectivity index (χ1) is 11.5. The summed E-state index contributed by atoms with van der Waals surface area (Å²) in [6.45, 7) is 0.614. The van der Waals surface area contributed by atoms with Crippen molar-refractivity contribution in [1.82, 2.24) is 9.78 Å². The third kappa shape index (κ3) is 2.35. The van der Waals surface area contributed by atoms with Crippen LogP contribution >= 0.6 is 0 Å². The second-order valence-electron chi connectivity index (χ2n) is 6.40. The average Bonchev–Trinajstić information content (AvgIpc) is 2.90. The predicted octanol–water partition coefficient (Wildman–Crippen LogP) is 2.67. The second kappa shape index (κ2) is 5.58. The molecule has 0 saturated carbocycles. The minimum atomic E-state index is -0.943. The fourth-order valence-electron chi connectivity index (χ4n) is 3.61. The molecule has 2 atom stereocenters. The molecular formula is C17H18F2N4O. The number of carbonyl (C=O) groups is 1. The first kappa shape index (κ1) is 15.1. The Bertz CT molecular complexity index is 817. The van der Waals surface area contributed by atoms with E-state index in [1.165, 1.54) is 16.8 Å². The quantitative estimate of drug-likeness (QED) is 0.842. The van der Waals surface area contributed by atoms with Crippen molar-refractivity contribution in [2.75, 3.05) is 17.6 Å². The standard InChI is InChI=1S/C17H18F2N4O/c18-9-1-3-14-12(7-9)11(5-6-21-14)17(24)23-16(20)13-8-10(19)2-4-15(13)22-23/h1,3,7,10-11,21H,2,4-6,8,20H2/t10-,11-/m1/s1. The van der Waals surface area contributed by atoms with E-state index in [2.05, 4.69) is 10.4 Å². The summed E-state index contributed by atoms with van der Waals surface area (Å²) in [6, 6.07) is 4.37. The molecule has 7 heteroatoms. The van der Waals surface area contributed by atoms with Crippen molar-refractivity contribution < 1.29 is 13.6 Å². The number of anilines is 2. The highest BCUT2D eigenvalue weighted by molar-refractivity contribution is 5.90. The predicted molar refractivity (Wildman–Crippen MR) is 86.4 cm³/mol. The van der Waals surface area contributed by atoms with Gasteiger partial charge in [0.05, 0.1) is 11.6 Å². The van der Waals surface area contributed by atoms with Crippen LogP contribution in [0, 0.1) is 5.82 Å². The van der Waals surface area contributed by atoms with E-state index < -0.39 is 12.1 Å². The zero-order valence-corrected chi connectivity index (χ0v) is 13.1. The van der Waals surface area contributed by atoms with Gasteiger partial charge >= 0.3 is 0 Å². The molecule has 1 aliphatic heterocycles. The number of hydrogen-bond acceptors (Lipinski definition) is 4. The monoisotopic (exact) mass is 332 g/mol. The number of fused-ring (bicyclic) bond motifs is 2. The van der Waals surface area contributed by atoms with E-state index in [0.29, 0.717) is 42.6 Å². The van der Waals surface area contributed by atoms with E-state index in [1.54, 1.807) is 6.07 Å². The van der Waals surface area contributed by atoms with Gasteiger partial charge in [0, 0.05) is 24.2 Å². The molecule has 0 radical (unpaired) electrons. The van der Waals surface area contributed by atoms with Crippen molar-refractivity contribution >= 4 is 17.4 Å². The molecule has 0 unspecified atom stereocenters. The second-order valence-corrected chi connectivity index (χ2v) is 6.40. The van der Waals surface area contributed by atoms with E-state index in [4.69, 9.17) is 5.73 Å². The van der Waals surface area contributed by atoms with Crippen LogP contribution in [0.4, 0.5) is 20.3 Å². The Morgan fingerprint density at radius 1 is 1.38 bits per heavy atom. The summed E-state index contributed by atoms with van der Waals surface area (Å²) >= 11 is 0. The molecule has 2 heterocycles. The molecule has 5 nitrogen and oxygen atoms in total. The lowest BCUT2D eigenvalue weighted by Gasteiger charge is -2.25. The molecule has 0 spiro atoms. The normalized spacial score (nSPS) is 22.4. The summed E-state index contributed by atoms with van der Waals surface area (Å²) in [5.41, 5.74) is 8.76. The molecule has 2 aliphatic rings. The molecule has 24 heavy (non-hydrogen) atoms. The zero-order chi connectivity index (χ0) is 16.8. The maximum atomic E-state index is 13.6. The number of nitrogens with one attached hydrogen (secondary N) is 1. The summed E-state index contributed by atoms with van der Waals surface area (Å²) in [5, 5.41) is 7.48. The van der Waals surface area contributed by atoms with Crippen molar-refractivity contribution in [3.8, 4) is 0 Å². The van der Waals surface area contributed by atoms with Gasteiger partial charge in [0.2, 0.25) is 0 Å². The summed E-state index contributed by atoms with van der Waals surface area (Å²) in [7, 11) is 0. The van der Waals surface area contributed by atoms with Gasteiger partial charge in [-0.15, -0.1) is 0 Å². The van der Waals surface area contributed by atoms with Crippen molar-refractivity contribution in [2.24, 2.45) is 0 Å². The minimum Gasteiger partial charge on any atom is -0.385 e. The van der Waals surface area contributed by atoms with Crippen LogP contribution in [0.5, 0.6) is 0 Å².